The van der Waals surface area contributed by atoms with Crippen LogP contribution < -0.4 is 5.32 Å². The largest absolute Gasteiger partial charge is 0.444 e. The number of esters is 1. The summed E-state index contributed by atoms with van der Waals surface area (Å²) in [5.41, 5.74) is 0.549. The van der Waals surface area contributed by atoms with Gasteiger partial charge in [0.1, 0.15) is 0 Å². The third-order valence-electron chi connectivity index (χ3n) is 4.05. The second-order valence-electron chi connectivity index (χ2n) is 6.34. The van der Waals surface area contributed by atoms with Gasteiger partial charge in [0, 0.05) is 51.1 Å². The van der Waals surface area contributed by atoms with Gasteiger partial charge in [-0.1, -0.05) is 30.3 Å². The average molecular weight is 401 g/mol. The number of amides is 1. The molecule has 9 nitrogen and oxygen atoms in total. The van der Waals surface area contributed by atoms with E-state index in [1.165, 1.54) is 24.1 Å². The van der Waals surface area contributed by atoms with E-state index in [4.69, 9.17) is 9.47 Å². The third kappa shape index (κ3) is 5.76. The van der Waals surface area contributed by atoms with Crippen LogP contribution in [-0.2, 0) is 14.3 Å². The topological polar surface area (TPSA) is 111 Å². The predicted molar refractivity (Wildman–Crippen MR) is 107 cm³/mol. The molecule has 0 heterocycles. The van der Waals surface area contributed by atoms with Crippen LogP contribution in [0.4, 0.5) is 11.4 Å². The number of hydrogen-bond donors (Lipinski definition) is 1. The van der Waals surface area contributed by atoms with Gasteiger partial charge in [0.05, 0.1) is 17.1 Å². The van der Waals surface area contributed by atoms with Crippen LogP contribution in [0.2, 0.25) is 0 Å². The van der Waals surface area contributed by atoms with E-state index in [0.717, 1.165) is 6.07 Å². The van der Waals surface area contributed by atoms with Gasteiger partial charge in [0.15, 0.2) is 0 Å². The Bertz CT molecular complexity index is 870. The van der Waals surface area contributed by atoms with Crippen LogP contribution >= 0.6 is 0 Å². The first-order valence-corrected chi connectivity index (χ1v) is 8.83. The Balaban J connectivity index is 2.37. The lowest BCUT2D eigenvalue weighted by Gasteiger charge is -2.22. The number of rotatable bonds is 9. The summed E-state index contributed by atoms with van der Waals surface area (Å²) in [6.07, 6.45) is -1.18. The van der Waals surface area contributed by atoms with Crippen LogP contribution in [0.15, 0.2) is 48.5 Å². The van der Waals surface area contributed by atoms with Crippen LogP contribution in [0.3, 0.4) is 0 Å². The number of nitrogens with one attached hydrogen (secondary N) is 1. The maximum absolute atomic E-state index is 12.9. The molecule has 1 atom stereocenters. The van der Waals surface area contributed by atoms with Crippen molar-refractivity contribution in [3.63, 3.8) is 0 Å². The molecule has 0 bridgehead atoms. The zero-order chi connectivity index (χ0) is 21.4. The van der Waals surface area contributed by atoms with Gasteiger partial charge in [-0.25, -0.2) is 4.79 Å². The van der Waals surface area contributed by atoms with Crippen molar-refractivity contribution in [3.8, 4) is 0 Å². The number of ether oxygens (including phenoxy) is 2. The number of anilines is 1. The Kier molecular flexibility index (Phi) is 7.67. The minimum Gasteiger partial charge on any atom is -0.444 e. The number of methoxy groups -OCH3 is 1. The Morgan fingerprint density at radius 2 is 1.86 bits per heavy atom. The molecule has 154 valence electrons. The molecule has 2 aromatic carbocycles. The molecule has 0 fully saturated rings. The number of benzene rings is 2. The van der Waals surface area contributed by atoms with E-state index in [1.807, 2.05) is 0 Å². The number of hydrogen-bond acceptors (Lipinski definition) is 7. The predicted octanol–water partition coefficient (Wildman–Crippen LogP) is 2.64. The van der Waals surface area contributed by atoms with Gasteiger partial charge in [-0.2, -0.15) is 0 Å². The summed E-state index contributed by atoms with van der Waals surface area (Å²) in [6.45, 7) is 0.755. The van der Waals surface area contributed by atoms with E-state index in [0.29, 0.717) is 24.4 Å². The van der Waals surface area contributed by atoms with Crippen LogP contribution in [0, 0.1) is 10.1 Å². The normalized spacial score (nSPS) is 11.4. The van der Waals surface area contributed by atoms with Crippen molar-refractivity contribution in [2.24, 2.45) is 0 Å². The fraction of sp³-hybridized carbons (Fsp3) is 0.300. The van der Waals surface area contributed by atoms with Crippen LogP contribution in [0.25, 0.3) is 0 Å². The van der Waals surface area contributed by atoms with Gasteiger partial charge in [-0.3, -0.25) is 14.9 Å². The number of carbonyl (C=O) groups is 2. The van der Waals surface area contributed by atoms with Gasteiger partial charge in [-0.05, 0) is 6.07 Å². The van der Waals surface area contributed by atoms with Gasteiger partial charge in [0.25, 0.3) is 11.6 Å². The second kappa shape index (κ2) is 10.2. The van der Waals surface area contributed by atoms with E-state index in [2.05, 4.69) is 5.32 Å². The SMILES string of the molecule is COCCNc1ccc([N+](=O)[O-])cc1C(=O)O[C@@H](C(=O)N(C)C)c1ccccc1. The highest BCUT2D eigenvalue weighted by Gasteiger charge is 2.28. The van der Waals surface area contributed by atoms with E-state index in [-0.39, 0.29) is 11.3 Å². The second-order valence-corrected chi connectivity index (χ2v) is 6.34. The molecule has 0 radical (unpaired) electrons. The molecule has 0 unspecified atom stereocenters. The third-order valence-corrected chi connectivity index (χ3v) is 4.05. The molecule has 0 spiro atoms. The minimum absolute atomic E-state index is 0.0391. The molecule has 1 amide bonds. The Morgan fingerprint density at radius 3 is 2.45 bits per heavy atom. The van der Waals surface area contributed by atoms with Crippen LogP contribution in [0.5, 0.6) is 0 Å². The molecular formula is C20H23N3O6. The van der Waals surface area contributed by atoms with E-state index >= 15 is 0 Å². The summed E-state index contributed by atoms with van der Waals surface area (Å²) < 4.78 is 10.5. The fourth-order valence-electron chi connectivity index (χ4n) is 2.55. The molecule has 29 heavy (non-hydrogen) atoms. The highest BCUT2D eigenvalue weighted by Crippen LogP contribution is 2.27. The standard InChI is InChI=1S/C20H23N3O6/c1-22(2)19(24)18(14-7-5-4-6-8-14)29-20(25)16-13-15(23(26)27)9-10-17(16)21-11-12-28-3/h4-10,13,18,21H,11-12H2,1-3H3/t18-/m1/s1. The van der Waals surface area contributed by atoms with E-state index < -0.39 is 22.9 Å². The van der Waals surface area contributed by atoms with Crippen molar-refractivity contribution >= 4 is 23.3 Å². The molecule has 0 aromatic heterocycles. The lowest BCUT2D eigenvalue weighted by Crippen LogP contribution is -2.31. The van der Waals surface area contributed by atoms with E-state index in [9.17, 15) is 19.7 Å². The zero-order valence-electron chi connectivity index (χ0n) is 16.5. The Morgan fingerprint density at radius 1 is 1.17 bits per heavy atom. The van der Waals surface area contributed by atoms with Crippen LogP contribution in [-0.4, -0.2) is 56.1 Å². The van der Waals surface area contributed by atoms with E-state index in [1.54, 1.807) is 44.4 Å². The summed E-state index contributed by atoms with van der Waals surface area (Å²) in [7, 11) is 4.64. The smallest absolute Gasteiger partial charge is 0.341 e. The van der Waals surface area contributed by atoms with Gasteiger partial charge in [-0.15, -0.1) is 0 Å². The summed E-state index contributed by atoms with van der Waals surface area (Å²) in [4.78, 5) is 37.3. The van der Waals surface area contributed by atoms with Crippen molar-refractivity contribution in [2.75, 3.05) is 39.7 Å². The van der Waals surface area contributed by atoms with Crippen molar-refractivity contribution < 1.29 is 24.0 Å². The molecular weight excluding hydrogens is 378 g/mol. The van der Waals surface area contributed by atoms with Crippen molar-refractivity contribution in [1.29, 1.82) is 0 Å². The highest BCUT2D eigenvalue weighted by atomic mass is 16.6. The highest BCUT2D eigenvalue weighted by molar-refractivity contribution is 5.98. The summed E-state index contributed by atoms with van der Waals surface area (Å²) in [6, 6.07) is 12.4. The van der Waals surface area contributed by atoms with Gasteiger partial charge < -0.3 is 19.7 Å². The molecule has 0 aliphatic heterocycles. The first kappa shape index (κ1) is 21.8. The Labute approximate surface area is 168 Å². The quantitative estimate of drug-likeness (QED) is 0.298. The number of nitrogens with zero attached hydrogens (tertiary/aromatic N) is 2. The summed E-state index contributed by atoms with van der Waals surface area (Å²) in [5.74, 6) is -1.28. The lowest BCUT2D eigenvalue weighted by molar-refractivity contribution is -0.384. The zero-order valence-corrected chi connectivity index (χ0v) is 16.5. The maximum Gasteiger partial charge on any atom is 0.341 e. The molecule has 2 aromatic rings. The molecule has 1 N–H and O–H groups in total. The summed E-state index contributed by atoms with van der Waals surface area (Å²) >= 11 is 0. The van der Waals surface area contributed by atoms with Gasteiger partial charge >= 0.3 is 5.97 Å². The van der Waals surface area contributed by atoms with Crippen LogP contribution in [0.1, 0.15) is 22.0 Å². The molecule has 9 heteroatoms. The molecule has 0 aliphatic rings. The van der Waals surface area contributed by atoms with Crippen molar-refractivity contribution in [2.45, 2.75) is 6.10 Å². The minimum atomic E-state index is -1.18. The number of carbonyl (C=O) groups excluding carboxylic acids is 2. The first-order valence-electron chi connectivity index (χ1n) is 8.83. The van der Waals surface area contributed by atoms with Crippen molar-refractivity contribution in [1.82, 2.24) is 4.90 Å². The fourth-order valence-corrected chi connectivity index (χ4v) is 2.55. The molecule has 2 rings (SSSR count). The number of likely N-dealkylation sites (N-methyl/N-ethyl adjacent to an activating group) is 1. The first-order chi connectivity index (χ1) is 13.8. The van der Waals surface area contributed by atoms with Crippen molar-refractivity contribution in [3.05, 3.63) is 69.8 Å². The maximum atomic E-state index is 12.9. The number of nitro groups is 1. The molecule has 0 saturated heterocycles. The Hall–Kier alpha value is -3.46. The average Bonchev–Trinajstić information content (AvgIpc) is 2.72. The molecule has 0 aliphatic carbocycles. The lowest BCUT2D eigenvalue weighted by atomic mass is 10.1. The number of nitro benzene ring substituents is 1. The monoisotopic (exact) mass is 401 g/mol. The van der Waals surface area contributed by atoms with Gasteiger partial charge in [0.2, 0.25) is 6.10 Å². The number of non-ortho nitro benzene ring substituents is 1. The molecule has 0 saturated carbocycles. The summed E-state index contributed by atoms with van der Waals surface area (Å²) in [5, 5.41) is 14.1.